The van der Waals surface area contributed by atoms with E-state index in [1.807, 2.05) is 82.3 Å². The predicted octanol–water partition coefficient (Wildman–Crippen LogP) is 5.74. The van der Waals surface area contributed by atoms with Gasteiger partial charge in [-0.05, 0) is 61.7 Å². The summed E-state index contributed by atoms with van der Waals surface area (Å²) in [6.45, 7) is 7.84. The Morgan fingerprint density at radius 3 is 1.96 bits per heavy atom. The lowest BCUT2D eigenvalue weighted by Gasteiger charge is -2.42. The number of rotatable bonds is 6. The van der Waals surface area contributed by atoms with Crippen LogP contribution in [0.2, 0.25) is 10.0 Å². The minimum Gasteiger partial charge on any atom is -0.385 e. The van der Waals surface area contributed by atoms with Gasteiger partial charge in [-0.3, -0.25) is 0 Å². The van der Waals surface area contributed by atoms with E-state index in [-0.39, 0.29) is 5.92 Å². The molecule has 140 valence electrons. The van der Waals surface area contributed by atoms with E-state index in [9.17, 15) is 5.11 Å². The maximum atomic E-state index is 11.7. The fraction of sp³-hybridized carbons (Fsp3) is 0.364. The molecule has 0 aromatic heterocycles. The van der Waals surface area contributed by atoms with Crippen molar-refractivity contribution in [2.24, 2.45) is 11.7 Å². The highest BCUT2D eigenvalue weighted by Gasteiger charge is 2.42. The third-order valence-electron chi connectivity index (χ3n) is 5.16. The van der Waals surface area contributed by atoms with Gasteiger partial charge in [-0.15, -0.1) is 0 Å². The molecule has 2 aromatic rings. The van der Waals surface area contributed by atoms with Crippen LogP contribution in [0.15, 0.2) is 54.1 Å². The summed E-state index contributed by atoms with van der Waals surface area (Å²) in [4.78, 5) is 0. The Labute approximate surface area is 166 Å². The van der Waals surface area contributed by atoms with E-state index in [0.29, 0.717) is 16.5 Å². The molecule has 0 aliphatic carbocycles. The number of hydrogen-bond acceptors (Lipinski definition) is 2. The molecule has 26 heavy (non-hydrogen) atoms. The number of aliphatic hydroxyl groups is 1. The topological polar surface area (TPSA) is 46.2 Å². The molecule has 0 aliphatic rings. The van der Waals surface area contributed by atoms with E-state index in [0.717, 1.165) is 16.7 Å². The lowest BCUT2D eigenvalue weighted by Crippen LogP contribution is -2.54. The molecular formula is C22H27Cl2NO. The Morgan fingerprint density at radius 1 is 1.04 bits per heavy atom. The molecule has 2 nitrogen and oxygen atoms in total. The van der Waals surface area contributed by atoms with Crippen LogP contribution in [-0.4, -0.2) is 16.2 Å². The monoisotopic (exact) mass is 391 g/mol. The van der Waals surface area contributed by atoms with Crippen molar-refractivity contribution in [3.05, 3.63) is 75.3 Å². The highest BCUT2D eigenvalue weighted by atomic mass is 35.5. The molecule has 0 fully saturated rings. The van der Waals surface area contributed by atoms with Crippen molar-refractivity contribution in [1.82, 2.24) is 0 Å². The smallest absolute Gasteiger partial charge is 0.0940 e. The molecule has 0 aliphatic heterocycles. The summed E-state index contributed by atoms with van der Waals surface area (Å²) in [5.41, 5.74) is 7.59. The first-order chi connectivity index (χ1) is 12.0. The molecule has 2 unspecified atom stereocenters. The molecule has 0 radical (unpaired) electrons. The summed E-state index contributed by atoms with van der Waals surface area (Å²) in [6.07, 6.45) is 2.45. The summed E-state index contributed by atoms with van der Waals surface area (Å²) in [5.74, 6) is -0.172. The second-order valence-electron chi connectivity index (χ2n) is 7.65. The Morgan fingerprint density at radius 2 is 1.50 bits per heavy atom. The Balaban J connectivity index is 2.44. The molecule has 0 bridgehead atoms. The van der Waals surface area contributed by atoms with Gasteiger partial charge in [0.25, 0.3) is 0 Å². The largest absolute Gasteiger partial charge is 0.385 e. The maximum Gasteiger partial charge on any atom is 0.0940 e. The Hall–Kier alpha value is -1.32. The minimum atomic E-state index is -1.09. The van der Waals surface area contributed by atoms with E-state index in [1.54, 1.807) is 0 Å². The van der Waals surface area contributed by atoms with E-state index >= 15 is 0 Å². The molecule has 0 heterocycles. The minimum absolute atomic E-state index is 0.172. The van der Waals surface area contributed by atoms with E-state index in [1.165, 1.54) is 0 Å². The molecule has 0 saturated heterocycles. The molecule has 0 spiro atoms. The zero-order chi connectivity index (χ0) is 19.5. The molecule has 2 atom stereocenters. The lowest BCUT2D eigenvalue weighted by atomic mass is 9.70. The lowest BCUT2D eigenvalue weighted by molar-refractivity contribution is -0.00222. The van der Waals surface area contributed by atoms with Crippen LogP contribution in [0.25, 0.3) is 6.08 Å². The first-order valence-electron chi connectivity index (χ1n) is 8.72. The van der Waals surface area contributed by atoms with Crippen molar-refractivity contribution >= 4 is 29.3 Å². The molecule has 3 N–H and O–H groups in total. The van der Waals surface area contributed by atoms with Crippen molar-refractivity contribution in [2.75, 3.05) is 0 Å². The van der Waals surface area contributed by atoms with Gasteiger partial charge in [0.1, 0.15) is 0 Å². The summed E-state index contributed by atoms with van der Waals surface area (Å²) in [5, 5.41) is 13.1. The van der Waals surface area contributed by atoms with Crippen molar-refractivity contribution < 1.29 is 5.11 Å². The van der Waals surface area contributed by atoms with Crippen LogP contribution in [0.1, 0.15) is 38.8 Å². The summed E-state index contributed by atoms with van der Waals surface area (Å²) in [7, 11) is 0. The average Bonchev–Trinajstić information content (AvgIpc) is 2.57. The third kappa shape index (κ3) is 5.11. The van der Waals surface area contributed by atoms with Gasteiger partial charge < -0.3 is 10.8 Å². The van der Waals surface area contributed by atoms with E-state index in [2.05, 4.69) is 0 Å². The first-order valence-corrected chi connectivity index (χ1v) is 9.48. The number of benzene rings is 2. The van der Waals surface area contributed by atoms with Crippen molar-refractivity contribution in [3.8, 4) is 0 Å². The molecule has 2 rings (SSSR count). The Bertz CT molecular complexity index is 760. The van der Waals surface area contributed by atoms with Gasteiger partial charge in [0.15, 0.2) is 0 Å². The standard InChI is InChI=1S/C22H27Cl2NO/c1-15(13-17-5-9-19(23)10-6-17)22(26,16(2)21(3,4)25)14-18-7-11-20(24)12-8-18/h5-13,16,26H,14,25H2,1-4H3. The Kier molecular flexibility index (Phi) is 6.57. The maximum absolute atomic E-state index is 11.7. The summed E-state index contributed by atoms with van der Waals surface area (Å²) >= 11 is 12.0. The normalized spacial score (nSPS) is 16.2. The second kappa shape index (κ2) is 8.14. The zero-order valence-corrected chi connectivity index (χ0v) is 17.3. The van der Waals surface area contributed by atoms with Gasteiger partial charge in [0.05, 0.1) is 5.60 Å². The fourth-order valence-corrected chi connectivity index (χ4v) is 3.35. The number of halogens is 2. The highest BCUT2D eigenvalue weighted by molar-refractivity contribution is 6.30. The summed E-state index contributed by atoms with van der Waals surface area (Å²) in [6, 6.07) is 15.1. The molecular weight excluding hydrogens is 365 g/mol. The first kappa shape index (κ1) is 21.0. The van der Waals surface area contributed by atoms with Crippen LogP contribution >= 0.6 is 23.2 Å². The molecule has 0 amide bonds. The van der Waals surface area contributed by atoms with Crippen LogP contribution in [0, 0.1) is 5.92 Å². The zero-order valence-electron chi connectivity index (χ0n) is 15.8. The molecule has 4 heteroatoms. The second-order valence-corrected chi connectivity index (χ2v) is 8.52. The van der Waals surface area contributed by atoms with Crippen LogP contribution in [0.4, 0.5) is 0 Å². The van der Waals surface area contributed by atoms with Crippen molar-refractivity contribution in [1.29, 1.82) is 0 Å². The van der Waals surface area contributed by atoms with Crippen molar-refractivity contribution in [2.45, 2.75) is 45.3 Å². The highest BCUT2D eigenvalue weighted by Crippen LogP contribution is 2.36. The van der Waals surface area contributed by atoms with Gasteiger partial charge in [0, 0.05) is 27.9 Å². The SMILES string of the molecule is CC(=Cc1ccc(Cl)cc1)C(O)(Cc1ccc(Cl)cc1)C(C)C(C)(C)N. The van der Waals surface area contributed by atoms with Gasteiger partial charge in [0.2, 0.25) is 0 Å². The summed E-state index contributed by atoms with van der Waals surface area (Å²) < 4.78 is 0. The average molecular weight is 392 g/mol. The number of hydrogen-bond donors (Lipinski definition) is 2. The van der Waals surface area contributed by atoms with Crippen LogP contribution < -0.4 is 5.73 Å². The molecule has 0 saturated carbocycles. The van der Waals surface area contributed by atoms with Crippen LogP contribution in [0.5, 0.6) is 0 Å². The predicted molar refractivity (Wildman–Crippen MR) is 113 cm³/mol. The third-order valence-corrected chi connectivity index (χ3v) is 5.66. The number of nitrogens with two attached hydrogens (primary N) is 1. The van der Waals surface area contributed by atoms with E-state index in [4.69, 9.17) is 28.9 Å². The van der Waals surface area contributed by atoms with E-state index < -0.39 is 11.1 Å². The van der Waals surface area contributed by atoms with Crippen LogP contribution in [-0.2, 0) is 6.42 Å². The molecule has 2 aromatic carbocycles. The van der Waals surface area contributed by atoms with Crippen LogP contribution in [0.3, 0.4) is 0 Å². The fourth-order valence-electron chi connectivity index (χ4n) is 3.10. The quantitative estimate of drug-likeness (QED) is 0.658. The van der Waals surface area contributed by atoms with Crippen molar-refractivity contribution in [3.63, 3.8) is 0 Å². The van der Waals surface area contributed by atoms with Gasteiger partial charge >= 0.3 is 0 Å². The van der Waals surface area contributed by atoms with Gasteiger partial charge in [-0.25, -0.2) is 0 Å². The van der Waals surface area contributed by atoms with Gasteiger partial charge in [-0.2, -0.15) is 0 Å². The van der Waals surface area contributed by atoms with Gasteiger partial charge in [-0.1, -0.05) is 60.5 Å².